The van der Waals surface area contributed by atoms with Crippen molar-refractivity contribution in [3.05, 3.63) is 82.9 Å². The van der Waals surface area contributed by atoms with Crippen LogP contribution in [0.2, 0.25) is 0 Å². The minimum absolute atomic E-state index is 0.0303. The third kappa shape index (κ3) is 5.08. The van der Waals surface area contributed by atoms with Crippen LogP contribution in [0.5, 0.6) is 0 Å². The monoisotopic (exact) mass is 445 g/mol. The lowest BCUT2D eigenvalue weighted by atomic mass is 10.0. The van der Waals surface area contributed by atoms with Gasteiger partial charge in [0.15, 0.2) is 5.65 Å². The molecule has 0 aliphatic carbocycles. The van der Waals surface area contributed by atoms with Crippen molar-refractivity contribution in [3.63, 3.8) is 0 Å². The number of benzene rings is 1. The molecule has 0 atom stereocenters. The molecule has 33 heavy (non-hydrogen) atoms. The lowest BCUT2D eigenvalue weighted by Crippen LogP contribution is -2.28. The number of pyridine rings is 1. The van der Waals surface area contributed by atoms with Crippen LogP contribution in [0, 0.1) is 13.8 Å². The fourth-order valence-corrected chi connectivity index (χ4v) is 3.97. The second-order valence-electron chi connectivity index (χ2n) is 8.34. The molecule has 4 rings (SSSR count). The predicted molar refractivity (Wildman–Crippen MR) is 127 cm³/mol. The average molecular weight is 446 g/mol. The molecule has 170 valence electrons. The first-order valence-electron chi connectivity index (χ1n) is 11.1. The summed E-state index contributed by atoms with van der Waals surface area (Å²) in [5, 5.41) is 4.82. The second-order valence-corrected chi connectivity index (χ2v) is 8.34. The zero-order valence-electron chi connectivity index (χ0n) is 19.3. The fraction of sp³-hybridized carbons (Fsp3) is 0.308. The molecule has 4 aromatic rings. The molecule has 1 amide bonds. The van der Waals surface area contributed by atoms with Gasteiger partial charge in [0, 0.05) is 35.8 Å². The number of aryl methyl sites for hydroxylation is 3. The van der Waals surface area contributed by atoms with Crippen LogP contribution in [0.15, 0.2) is 54.7 Å². The van der Waals surface area contributed by atoms with E-state index in [1.54, 1.807) is 22.7 Å². The first kappa shape index (κ1) is 22.6. The maximum Gasteiger partial charge on any atom is 0.227 e. The van der Waals surface area contributed by atoms with Crippen LogP contribution in [0.4, 0.5) is 4.39 Å². The van der Waals surface area contributed by atoms with Crippen LogP contribution in [0.1, 0.15) is 34.6 Å². The van der Waals surface area contributed by atoms with E-state index in [-0.39, 0.29) is 19.0 Å². The number of likely N-dealkylation sites (N-methyl/N-ethyl adjacent to an activating group) is 1. The van der Waals surface area contributed by atoms with Gasteiger partial charge in [-0.05, 0) is 50.5 Å². The molecule has 1 aromatic carbocycles. The SMILES string of the molecule is Cc1cc(C)n2nc(-c3ccc(CCCF)cc3)c(CC(=O)N(C)Cc3ccccn3)c2n1. The Labute approximate surface area is 193 Å². The van der Waals surface area contributed by atoms with E-state index in [9.17, 15) is 9.18 Å². The highest BCUT2D eigenvalue weighted by molar-refractivity contribution is 5.84. The lowest BCUT2D eigenvalue weighted by molar-refractivity contribution is -0.129. The van der Waals surface area contributed by atoms with Crippen LogP contribution >= 0.6 is 0 Å². The van der Waals surface area contributed by atoms with Gasteiger partial charge in [-0.15, -0.1) is 0 Å². The highest BCUT2D eigenvalue weighted by atomic mass is 19.1. The van der Waals surface area contributed by atoms with Gasteiger partial charge in [0.25, 0.3) is 0 Å². The molecule has 7 heteroatoms. The van der Waals surface area contributed by atoms with Crippen molar-refractivity contribution in [3.8, 4) is 11.3 Å². The van der Waals surface area contributed by atoms with Gasteiger partial charge in [0.1, 0.15) is 0 Å². The highest BCUT2D eigenvalue weighted by Crippen LogP contribution is 2.28. The highest BCUT2D eigenvalue weighted by Gasteiger charge is 2.22. The van der Waals surface area contributed by atoms with Gasteiger partial charge in [-0.2, -0.15) is 5.10 Å². The van der Waals surface area contributed by atoms with Crippen molar-refractivity contribution < 1.29 is 9.18 Å². The molecular weight excluding hydrogens is 417 g/mol. The number of aromatic nitrogens is 4. The Morgan fingerprint density at radius 2 is 1.91 bits per heavy atom. The quantitative estimate of drug-likeness (QED) is 0.400. The number of nitrogens with zero attached hydrogens (tertiary/aromatic N) is 5. The molecule has 0 unspecified atom stereocenters. The normalized spacial score (nSPS) is 11.2. The average Bonchev–Trinajstić information content (AvgIpc) is 3.17. The first-order valence-corrected chi connectivity index (χ1v) is 11.1. The Morgan fingerprint density at radius 3 is 2.61 bits per heavy atom. The van der Waals surface area contributed by atoms with E-state index in [1.165, 1.54) is 0 Å². The topological polar surface area (TPSA) is 63.4 Å². The molecule has 3 aromatic heterocycles. The largest absolute Gasteiger partial charge is 0.340 e. The summed E-state index contributed by atoms with van der Waals surface area (Å²) in [6.45, 7) is 4.04. The van der Waals surface area contributed by atoms with E-state index in [0.717, 1.165) is 39.5 Å². The van der Waals surface area contributed by atoms with Gasteiger partial charge in [0.2, 0.25) is 5.91 Å². The van der Waals surface area contributed by atoms with Gasteiger partial charge in [-0.25, -0.2) is 9.50 Å². The summed E-state index contributed by atoms with van der Waals surface area (Å²) in [6, 6.07) is 15.6. The van der Waals surface area contributed by atoms with Crippen molar-refractivity contribution in [2.24, 2.45) is 0 Å². The molecule has 0 fully saturated rings. The minimum atomic E-state index is -0.323. The van der Waals surface area contributed by atoms with Crippen molar-refractivity contribution >= 4 is 11.6 Å². The van der Waals surface area contributed by atoms with E-state index in [0.29, 0.717) is 25.0 Å². The number of halogens is 1. The van der Waals surface area contributed by atoms with Gasteiger partial charge in [-0.3, -0.25) is 14.2 Å². The van der Waals surface area contributed by atoms with Gasteiger partial charge < -0.3 is 4.90 Å². The Balaban J connectivity index is 1.69. The van der Waals surface area contributed by atoms with Crippen molar-refractivity contribution in [1.82, 2.24) is 24.5 Å². The van der Waals surface area contributed by atoms with E-state index >= 15 is 0 Å². The number of carbonyl (C=O) groups excluding carboxylic acids is 1. The third-order valence-electron chi connectivity index (χ3n) is 5.70. The van der Waals surface area contributed by atoms with E-state index in [2.05, 4.69) is 4.98 Å². The summed E-state index contributed by atoms with van der Waals surface area (Å²) in [4.78, 5) is 23.9. The lowest BCUT2D eigenvalue weighted by Gasteiger charge is -2.17. The number of hydrogen-bond donors (Lipinski definition) is 0. The van der Waals surface area contributed by atoms with Gasteiger partial charge >= 0.3 is 0 Å². The number of alkyl halides is 1. The van der Waals surface area contributed by atoms with Gasteiger partial charge in [-0.1, -0.05) is 30.3 Å². The van der Waals surface area contributed by atoms with Crippen LogP contribution in [-0.2, 0) is 24.2 Å². The molecule has 0 saturated heterocycles. The van der Waals surface area contributed by atoms with Crippen LogP contribution in [-0.4, -0.2) is 44.1 Å². The van der Waals surface area contributed by atoms with E-state index in [4.69, 9.17) is 10.1 Å². The van der Waals surface area contributed by atoms with E-state index in [1.807, 2.05) is 62.4 Å². The third-order valence-corrected chi connectivity index (χ3v) is 5.70. The molecule has 0 aliphatic heterocycles. The Kier molecular flexibility index (Phi) is 6.77. The zero-order chi connectivity index (χ0) is 23.4. The molecule has 6 nitrogen and oxygen atoms in total. The molecule has 0 saturated carbocycles. The molecule has 0 spiro atoms. The van der Waals surface area contributed by atoms with E-state index < -0.39 is 0 Å². The number of fused-ring (bicyclic) bond motifs is 1. The van der Waals surface area contributed by atoms with Crippen molar-refractivity contribution in [2.45, 2.75) is 39.7 Å². The van der Waals surface area contributed by atoms with Crippen LogP contribution < -0.4 is 0 Å². The number of amides is 1. The smallest absolute Gasteiger partial charge is 0.227 e. The summed E-state index contributed by atoms with van der Waals surface area (Å²) in [7, 11) is 1.78. The summed E-state index contributed by atoms with van der Waals surface area (Å²) in [5.74, 6) is -0.0303. The Morgan fingerprint density at radius 1 is 1.12 bits per heavy atom. The summed E-state index contributed by atoms with van der Waals surface area (Å²) >= 11 is 0. The summed E-state index contributed by atoms with van der Waals surface area (Å²) < 4.78 is 14.3. The molecule has 0 N–H and O–H groups in total. The van der Waals surface area contributed by atoms with Gasteiger partial charge in [0.05, 0.1) is 31.0 Å². The van der Waals surface area contributed by atoms with Crippen LogP contribution in [0.25, 0.3) is 16.9 Å². The molecule has 0 radical (unpaired) electrons. The standard InChI is InChI=1S/C26H28FN5O/c1-18-15-19(2)32-26(29-18)23(16-24(33)31(3)17-22-8-4-5-14-28-22)25(30-32)21-11-9-20(10-12-21)7-6-13-27/h4-5,8-12,14-15H,6-7,13,16-17H2,1-3H3. The number of carbonyl (C=O) groups is 1. The number of rotatable bonds is 8. The van der Waals surface area contributed by atoms with Crippen molar-refractivity contribution in [1.29, 1.82) is 0 Å². The Bertz CT molecular complexity index is 1250. The fourth-order valence-electron chi connectivity index (χ4n) is 3.97. The number of hydrogen-bond acceptors (Lipinski definition) is 4. The van der Waals surface area contributed by atoms with Crippen LogP contribution in [0.3, 0.4) is 0 Å². The zero-order valence-corrected chi connectivity index (χ0v) is 19.3. The molecule has 0 aliphatic rings. The van der Waals surface area contributed by atoms with Crippen molar-refractivity contribution in [2.75, 3.05) is 13.7 Å². The molecule has 0 bridgehead atoms. The maximum atomic E-state index is 13.2. The Hall–Kier alpha value is -3.61. The summed E-state index contributed by atoms with van der Waals surface area (Å²) in [5.41, 5.74) is 6.91. The maximum absolute atomic E-state index is 13.2. The second kappa shape index (κ2) is 9.90. The molecule has 3 heterocycles. The minimum Gasteiger partial charge on any atom is -0.340 e. The summed E-state index contributed by atoms with van der Waals surface area (Å²) in [6.07, 6.45) is 3.12. The first-order chi connectivity index (χ1) is 16.0. The molecular formula is C26H28FN5O. The predicted octanol–water partition coefficient (Wildman–Crippen LogP) is 4.51.